The van der Waals surface area contributed by atoms with Crippen molar-refractivity contribution in [3.05, 3.63) is 24.0 Å². The van der Waals surface area contributed by atoms with Crippen molar-refractivity contribution in [2.45, 2.75) is 26.3 Å². The first-order chi connectivity index (χ1) is 6.41. The summed E-state index contributed by atoms with van der Waals surface area (Å²) in [5.74, 6) is -0.214. The molecule has 0 radical (unpaired) electrons. The van der Waals surface area contributed by atoms with E-state index in [-0.39, 0.29) is 5.91 Å². The first kappa shape index (κ1) is 10.7. The zero-order valence-electron chi connectivity index (χ0n) is 8.66. The van der Waals surface area contributed by atoms with Crippen molar-refractivity contribution in [3.63, 3.8) is 0 Å². The number of hydrogen-bond acceptors (Lipinski definition) is 3. The third kappa shape index (κ3) is 2.53. The molecule has 0 spiro atoms. The van der Waals surface area contributed by atoms with Gasteiger partial charge in [-0.25, -0.2) is 0 Å². The fourth-order valence-electron chi connectivity index (χ4n) is 0.878. The normalized spacial score (nSPS) is 11.1. The molecule has 1 aromatic heterocycles. The van der Waals surface area contributed by atoms with Gasteiger partial charge in [-0.05, 0) is 32.4 Å². The quantitative estimate of drug-likeness (QED) is 0.738. The maximum absolute atomic E-state index is 11.5. The van der Waals surface area contributed by atoms with Crippen LogP contribution in [0.15, 0.2) is 18.5 Å². The van der Waals surface area contributed by atoms with Crippen molar-refractivity contribution in [2.24, 2.45) is 5.73 Å². The lowest BCUT2D eigenvalue weighted by atomic mass is 10.1. The fourth-order valence-corrected chi connectivity index (χ4v) is 0.878. The average molecular weight is 193 g/mol. The van der Waals surface area contributed by atoms with E-state index in [9.17, 15) is 4.79 Å². The molecule has 0 aliphatic carbocycles. The summed E-state index contributed by atoms with van der Waals surface area (Å²) in [6.07, 6.45) is 3.29. The maximum atomic E-state index is 11.5. The minimum absolute atomic E-state index is 0.214. The van der Waals surface area contributed by atoms with E-state index in [0.29, 0.717) is 5.69 Å². The first-order valence-electron chi connectivity index (χ1n) is 4.42. The van der Waals surface area contributed by atoms with Crippen molar-refractivity contribution in [1.82, 2.24) is 4.98 Å². The molecule has 0 aliphatic rings. The monoisotopic (exact) mass is 193 g/mol. The second-order valence-corrected chi connectivity index (χ2v) is 3.87. The van der Waals surface area contributed by atoms with Crippen molar-refractivity contribution in [1.29, 1.82) is 0 Å². The molecular weight excluding hydrogens is 178 g/mol. The Morgan fingerprint density at radius 2 is 2.21 bits per heavy atom. The maximum Gasteiger partial charge on any atom is 0.243 e. The minimum Gasteiger partial charge on any atom is -0.323 e. The molecule has 1 aromatic rings. The van der Waals surface area contributed by atoms with Crippen LogP contribution in [-0.4, -0.2) is 16.4 Å². The highest BCUT2D eigenvalue weighted by Gasteiger charge is 2.22. The van der Waals surface area contributed by atoms with Crippen molar-refractivity contribution in [2.75, 3.05) is 5.32 Å². The van der Waals surface area contributed by atoms with Crippen LogP contribution in [0.5, 0.6) is 0 Å². The van der Waals surface area contributed by atoms with Gasteiger partial charge in [0.2, 0.25) is 5.91 Å². The Kier molecular flexibility index (Phi) is 2.86. The Morgan fingerprint density at radius 1 is 1.57 bits per heavy atom. The summed E-state index contributed by atoms with van der Waals surface area (Å²) in [5, 5.41) is 2.72. The van der Waals surface area contributed by atoms with E-state index in [1.165, 1.54) is 0 Å². The van der Waals surface area contributed by atoms with Gasteiger partial charge in [-0.3, -0.25) is 9.78 Å². The number of amides is 1. The van der Waals surface area contributed by atoms with Gasteiger partial charge < -0.3 is 11.1 Å². The van der Waals surface area contributed by atoms with E-state index >= 15 is 0 Å². The molecule has 0 saturated carbocycles. The van der Waals surface area contributed by atoms with E-state index in [2.05, 4.69) is 10.3 Å². The molecule has 0 fully saturated rings. The summed E-state index contributed by atoms with van der Waals surface area (Å²) in [5.41, 5.74) is 6.45. The van der Waals surface area contributed by atoms with Crippen LogP contribution in [0.1, 0.15) is 19.4 Å². The van der Waals surface area contributed by atoms with E-state index < -0.39 is 5.54 Å². The molecule has 4 heteroatoms. The number of nitrogens with two attached hydrogens (primary N) is 1. The Balaban J connectivity index is 2.80. The molecule has 0 saturated heterocycles. The zero-order chi connectivity index (χ0) is 10.8. The number of anilines is 1. The summed E-state index contributed by atoms with van der Waals surface area (Å²) in [7, 11) is 0. The Hall–Kier alpha value is -1.42. The molecule has 1 amide bonds. The van der Waals surface area contributed by atoms with Gasteiger partial charge in [-0.2, -0.15) is 0 Å². The Labute approximate surface area is 83.5 Å². The summed E-state index contributed by atoms with van der Waals surface area (Å²) in [4.78, 5) is 15.4. The third-order valence-electron chi connectivity index (χ3n) is 1.87. The van der Waals surface area contributed by atoms with Gasteiger partial charge in [-0.1, -0.05) is 0 Å². The molecule has 0 aromatic carbocycles. The fraction of sp³-hybridized carbons (Fsp3) is 0.400. The number of nitrogens with zero attached hydrogens (tertiary/aromatic N) is 1. The van der Waals surface area contributed by atoms with Crippen LogP contribution in [0.2, 0.25) is 0 Å². The van der Waals surface area contributed by atoms with Crippen LogP contribution < -0.4 is 11.1 Å². The number of hydrogen-bond donors (Lipinski definition) is 2. The molecule has 1 heterocycles. The van der Waals surface area contributed by atoms with Crippen LogP contribution in [-0.2, 0) is 4.79 Å². The van der Waals surface area contributed by atoms with E-state index in [1.807, 2.05) is 13.0 Å². The van der Waals surface area contributed by atoms with Crippen LogP contribution in [0.3, 0.4) is 0 Å². The molecule has 14 heavy (non-hydrogen) atoms. The summed E-state index contributed by atoms with van der Waals surface area (Å²) >= 11 is 0. The van der Waals surface area contributed by atoms with Crippen LogP contribution in [0.25, 0.3) is 0 Å². The number of nitrogens with one attached hydrogen (secondary N) is 1. The highest BCUT2D eigenvalue weighted by molar-refractivity contribution is 5.97. The van der Waals surface area contributed by atoms with E-state index in [1.54, 1.807) is 26.2 Å². The minimum atomic E-state index is -0.873. The third-order valence-corrected chi connectivity index (χ3v) is 1.87. The number of aryl methyl sites for hydroxylation is 1. The lowest BCUT2D eigenvalue weighted by Gasteiger charge is -2.18. The van der Waals surface area contributed by atoms with Gasteiger partial charge in [0.15, 0.2) is 0 Å². The lowest BCUT2D eigenvalue weighted by Crippen LogP contribution is -2.45. The largest absolute Gasteiger partial charge is 0.323 e. The van der Waals surface area contributed by atoms with E-state index in [4.69, 9.17) is 5.73 Å². The predicted octanol–water partition coefficient (Wildman–Crippen LogP) is 1.07. The molecule has 0 atom stereocenters. The topological polar surface area (TPSA) is 68.0 Å². The number of pyridine rings is 1. The van der Waals surface area contributed by atoms with E-state index in [0.717, 1.165) is 5.56 Å². The summed E-state index contributed by atoms with van der Waals surface area (Å²) in [6, 6.07) is 1.83. The van der Waals surface area contributed by atoms with Gasteiger partial charge in [0.25, 0.3) is 0 Å². The number of aromatic nitrogens is 1. The van der Waals surface area contributed by atoms with Crippen molar-refractivity contribution in [3.8, 4) is 0 Å². The highest BCUT2D eigenvalue weighted by Crippen LogP contribution is 2.12. The molecule has 0 aliphatic heterocycles. The molecule has 4 nitrogen and oxygen atoms in total. The molecule has 3 N–H and O–H groups in total. The Bertz CT molecular complexity index is 341. The Morgan fingerprint density at radius 3 is 2.71 bits per heavy atom. The van der Waals surface area contributed by atoms with Gasteiger partial charge in [0.1, 0.15) is 0 Å². The van der Waals surface area contributed by atoms with Crippen molar-refractivity contribution < 1.29 is 4.79 Å². The average Bonchev–Trinajstić information content (AvgIpc) is 2.07. The number of carbonyl (C=O) groups is 1. The van der Waals surface area contributed by atoms with Crippen LogP contribution in [0.4, 0.5) is 5.69 Å². The van der Waals surface area contributed by atoms with Gasteiger partial charge in [-0.15, -0.1) is 0 Å². The second-order valence-electron chi connectivity index (χ2n) is 3.87. The molecule has 0 bridgehead atoms. The van der Waals surface area contributed by atoms with Crippen LogP contribution >= 0.6 is 0 Å². The van der Waals surface area contributed by atoms with Gasteiger partial charge in [0, 0.05) is 6.20 Å². The van der Waals surface area contributed by atoms with Crippen LogP contribution in [0, 0.1) is 6.92 Å². The number of rotatable bonds is 2. The molecule has 1 rings (SSSR count). The SMILES string of the molecule is Cc1ccncc1NC(=O)C(C)(C)N. The zero-order valence-corrected chi connectivity index (χ0v) is 8.66. The number of carbonyl (C=O) groups excluding carboxylic acids is 1. The smallest absolute Gasteiger partial charge is 0.243 e. The predicted molar refractivity (Wildman–Crippen MR) is 55.9 cm³/mol. The summed E-state index contributed by atoms with van der Waals surface area (Å²) < 4.78 is 0. The summed E-state index contributed by atoms with van der Waals surface area (Å²) in [6.45, 7) is 5.23. The first-order valence-corrected chi connectivity index (χ1v) is 4.42. The van der Waals surface area contributed by atoms with Gasteiger partial charge >= 0.3 is 0 Å². The van der Waals surface area contributed by atoms with Gasteiger partial charge in [0.05, 0.1) is 17.4 Å². The molecule has 76 valence electrons. The highest BCUT2D eigenvalue weighted by atomic mass is 16.2. The van der Waals surface area contributed by atoms with Crippen molar-refractivity contribution >= 4 is 11.6 Å². The standard InChI is InChI=1S/C10H15N3O/c1-7-4-5-12-6-8(7)13-9(14)10(2,3)11/h4-6H,11H2,1-3H3,(H,13,14). The second kappa shape index (κ2) is 3.75. The molecular formula is C10H15N3O. The molecule has 0 unspecified atom stereocenters. The lowest BCUT2D eigenvalue weighted by molar-refractivity contribution is -0.120.